The summed E-state index contributed by atoms with van der Waals surface area (Å²) in [7, 11) is -14.1. The van der Waals surface area contributed by atoms with Gasteiger partial charge in [-0.05, 0) is 6.42 Å². The van der Waals surface area contributed by atoms with Gasteiger partial charge in [0.15, 0.2) is 0 Å². The number of rotatable bonds is 16. The Hall–Kier alpha value is 4.64. The molecule has 0 aliphatic rings. The van der Waals surface area contributed by atoms with Crippen molar-refractivity contribution in [2.45, 2.75) is 84.0 Å². The fraction of sp³-hybridized carbons (Fsp3) is 1.00. The molecule has 0 heterocycles. The summed E-state index contributed by atoms with van der Waals surface area (Å²) in [6.45, 7) is 2.64. The van der Waals surface area contributed by atoms with Gasteiger partial charge in [-0.2, -0.15) is 0 Å². The van der Waals surface area contributed by atoms with Gasteiger partial charge in [0.05, 0.1) is 0 Å². The molecule has 0 amide bonds. The van der Waals surface area contributed by atoms with E-state index < -0.39 is 33.0 Å². The van der Waals surface area contributed by atoms with Crippen molar-refractivity contribution in [1.82, 2.24) is 0 Å². The van der Waals surface area contributed by atoms with Gasteiger partial charge in [0.1, 0.15) is 33.0 Å². The molecule has 0 aliphatic carbocycles. The Labute approximate surface area is 289 Å². The molecule has 0 saturated heterocycles. The van der Waals surface area contributed by atoms with E-state index >= 15 is 0 Å². The smallest absolute Gasteiger partial charge is 0.781 e. The van der Waals surface area contributed by atoms with Crippen molar-refractivity contribution >= 4 is 33.0 Å². The molecular weight excluding hydrogens is 560 g/mol. The standard InChI is InChI=1S/C14H30O.4Na.2H4O5P2/c1-2-3-4-5-6-7-8-9-10-11-12-13-14-15;;;;;2*1-6(2)5-7(3)4/h15H,2-14H2,1H3;;;;;2*6-7H,(H,1,2)(H,3,4)/q;4*+1;;/p-4. The monoisotopic (exact) mass is 594 g/mol. The summed E-state index contributed by atoms with van der Waals surface area (Å²) in [6.07, 6.45) is 16.2. The summed E-state index contributed by atoms with van der Waals surface area (Å²) in [5.74, 6) is 0. The van der Waals surface area contributed by atoms with Crippen molar-refractivity contribution in [2.24, 2.45) is 0 Å². The quantitative estimate of drug-likeness (QED) is 0.101. The van der Waals surface area contributed by atoms with Crippen molar-refractivity contribution in [1.29, 1.82) is 0 Å². The molecule has 180 valence electrons. The van der Waals surface area contributed by atoms with Crippen molar-refractivity contribution in [3.8, 4) is 0 Å². The molecule has 0 saturated carbocycles. The SMILES string of the molecule is CCCCCCCCCCCCCCO.O=[PH]([O-])O[PH](=O)[O-].O=[PH]([O-])O[PH](=O)[O-].[Na+].[Na+].[Na+].[Na+]. The minimum atomic E-state index is -3.51. The first-order valence-electron chi connectivity index (χ1n) is 9.47. The Kier molecular flexibility index (Phi) is 75.8. The maximum absolute atomic E-state index is 9.29. The van der Waals surface area contributed by atoms with Gasteiger partial charge in [0.2, 0.25) is 0 Å². The van der Waals surface area contributed by atoms with Gasteiger partial charge < -0.3 is 42.9 Å². The van der Waals surface area contributed by atoms with Crippen molar-refractivity contribution in [3.63, 3.8) is 0 Å². The number of unbranched alkanes of at least 4 members (excludes halogenated alkanes) is 11. The molecule has 33 heavy (non-hydrogen) atoms. The first-order chi connectivity index (χ1) is 13.7. The molecule has 0 radical (unpaired) electrons. The van der Waals surface area contributed by atoms with Crippen LogP contribution in [0.2, 0.25) is 0 Å². The minimum Gasteiger partial charge on any atom is -0.781 e. The number of hydrogen-bond acceptors (Lipinski definition) is 11. The van der Waals surface area contributed by atoms with Crippen molar-refractivity contribution < 1.29 is 170 Å². The first kappa shape index (κ1) is 53.8. The Morgan fingerprint density at radius 2 is 0.727 bits per heavy atom. The third kappa shape index (κ3) is 72.4. The molecule has 0 aromatic rings. The fourth-order valence-corrected chi connectivity index (χ4v) is 3.18. The predicted octanol–water partition coefficient (Wildman–Crippen LogP) is -10.3. The fourth-order valence-electron chi connectivity index (χ4n) is 2.09. The Bertz CT molecular complexity index is 393. The van der Waals surface area contributed by atoms with E-state index in [0.29, 0.717) is 6.61 Å². The molecule has 0 rings (SSSR count). The van der Waals surface area contributed by atoms with E-state index in [1.807, 2.05) is 0 Å². The van der Waals surface area contributed by atoms with Crippen LogP contribution in [-0.2, 0) is 26.9 Å². The number of aliphatic hydroxyl groups is 1. The number of hydrogen-bond donors (Lipinski definition) is 1. The van der Waals surface area contributed by atoms with Crippen LogP contribution >= 0.6 is 33.0 Å². The molecule has 0 spiro atoms. The summed E-state index contributed by atoms with van der Waals surface area (Å²) in [5.41, 5.74) is 0. The minimum absolute atomic E-state index is 0. The molecule has 0 fully saturated rings. The van der Waals surface area contributed by atoms with E-state index in [4.69, 9.17) is 5.11 Å². The van der Waals surface area contributed by atoms with Crippen LogP contribution in [0.1, 0.15) is 84.0 Å². The second-order valence-electron chi connectivity index (χ2n) is 5.82. The van der Waals surface area contributed by atoms with Crippen LogP contribution in [0.25, 0.3) is 0 Å². The third-order valence-electron chi connectivity index (χ3n) is 3.35. The molecule has 0 aromatic heterocycles. The number of aliphatic hydroxyl groups excluding tert-OH is 1. The van der Waals surface area contributed by atoms with Crippen molar-refractivity contribution in [2.75, 3.05) is 6.61 Å². The summed E-state index contributed by atoms with van der Waals surface area (Å²) in [4.78, 5) is 37.1. The second kappa shape index (κ2) is 46.5. The zero-order valence-corrected chi connectivity index (χ0v) is 32.7. The maximum Gasteiger partial charge on any atom is 1.00 e. The summed E-state index contributed by atoms with van der Waals surface area (Å²) in [5, 5.41) is 8.61. The van der Waals surface area contributed by atoms with Crippen LogP contribution in [0.3, 0.4) is 0 Å². The van der Waals surface area contributed by atoms with E-state index in [0.717, 1.165) is 6.42 Å². The van der Waals surface area contributed by atoms with Crippen LogP contribution in [0.5, 0.6) is 0 Å². The molecule has 0 aromatic carbocycles. The molecule has 4 unspecified atom stereocenters. The van der Waals surface area contributed by atoms with E-state index in [1.54, 1.807) is 0 Å². The van der Waals surface area contributed by atoms with Gasteiger partial charge in [-0.25, -0.2) is 0 Å². The Morgan fingerprint density at radius 3 is 0.879 bits per heavy atom. The van der Waals surface area contributed by atoms with E-state index in [1.165, 1.54) is 70.6 Å². The van der Waals surface area contributed by atoms with E-state index in [-0.39, 0.29) is 118 Å². The van der Waals surface area contributed by atoms with Gasteiger partial charge in [-0.1, -0.05) is 77.6 Å². The van der Waals surface area contributed by atoms with Gasteiger partial charge >= 0.3 is 118 Å². The zero-order valence-electron chi connectivity index (χ0n) is 20.7. The molecule has 1 N–H and O–H groups in total. The Morgan fingerprint density at radius 1 is 0.515 bits per heavy atom. The van der Waals surface area contributed by atoms with E-state index in [2.05, 4.69) is 15.5 Å². The zero-order chi connectivity index (χ0) is 22.9. The average Bonchev–Trinajstić information content (AvgIpc) is 2.58. The van der Waals surface area contributed by atoms with E-state index in [9.17, 15) is 37.8 Å². The van der Waals surface area contributed by atoms with Gasteiger partial charge in [0, 0.05) is 6.61 Å². The third-order valence-corrected chi connectivity index (χ3v) is 6.01. The van der Waals surface area contributed by atoms with Gasteiger partial charge in [0.25, 0.3) is 0 Å². The van der Waals surface area contributed by atoms with Gasteiger partial charge in [-0.3, -0.25) is 8.62 Å². The maximum atomic E-state index is 9.29. The molecule has 11 nitrogen and oxygen atoms in total. The predicted molar refractivity (Wildman–Crippen MR) is 106 cm³/mol. The summed E-state index contributed by atoms with van der Waals surface area (Å²) < 4.78 is 43.6. The molecule has 4 atom stereocenters. The topological polar surface area (TPSA) is 199 Å². The van der Waals surface area contributed by atoms with Crippen LogP contribution in [0.15, 0.2) is 0 Å². The molecule has 19 heteroatoms. The normalized spacial score (nSPS) is 12.8. The van der Waals surface area contributed by atoms with Crippen LogP contribution in [0, 0.1) is 0 Å². The van der Waals surface area contributed by atoms with Crippen LogP contribution in [-0.4, -0.2) is 11.7 Å². The summed E-state index contributed by atoms with van der Waals surface area (Å²) in [6, 6.07) is 0. The molecule has 0 bridgehead atoms. The molecular formula is C14H34Na4O11P4. The largest absolute Gasteiger partial charge is 1.00 e. The van der Waals surface area contributed by atoms with Crippen LogP contribution < -0.4 is 138 Å². The second-order valence-corrected chi connectivity index (χ2v) is 9.45. The van der Waals surface area contributed by atoms with Gasteiger partial charge in [-0.15, -0.1) is 0 Å². The van der Waals surface area contributed by atoms with Crippen molar-refractivity contribution in [3.05, 3.63) is 0 Å². The molecule has 0 aliphatic heterocycles. The summed E-state index contributed by atoms with van der Waals surface area (Å²) >= 11 is 0. The Balaban J connectivity index is -0.0000000644. The van der Waals surface area contributed by atoms with Crippen LogP contribution in [0.4, 0.5) is 0 Å². The first-order valence-corrected chi connectivity index (χ1v) is 14.4. The average molecular weight is 594 g/mol.